The Bertz CT molecular complexity index is 509. The topological polar surface area (TPSA) is 48.9 Å². The third kappa shape index (κ3) is 7.50. The van der Waals surface area contributed by atoms with Crippen molar-refractivity contribution in [1.82, 2.24) is 15.5 Å². The predicted octanol–water partition coefficient (Wildman–Crippen LogP) is 2.71. The quantitative estimate of drug-likeness (QED) is 0.285. The Morgan fingerprint density at radius 3 is 2.60 bits per heavy atom. The number of hydrogen-bond acceptors (Lipinski definition) is 3. The molecule has 0 bridgehead atoms. The lowest BCUT2D eigenvalue weighted by Gasteiger charge is -2.22. The Kier molecular flexibility index (Phi) is 10.4. The van der Waals surface area contributed by atoms with Gasteiger partial charge in [0.2, 0.25) is 0 Å². The average molecular weight is 460 g/mol. The third-order valence-corrected chi connectivity index (χ3v) is 4.57. The fourth-order valence-corrected chi connectivity index (χ4v) is 2.99. The van der Waals surface area contributed by atoms with Crippen molar-refractivity contribution in [2.45, 2.75) is 39.5 Å². The molecule has 1 heterocycles. The summed E-state index contributed by atoms with van der Waals surface area (Å²) in [6, 6.07) is 11.3. The minimum atomic E-state index is 0. The molecule has 0 amide bonds. The number of nitrogens with zero attached hydrogens (tertiary/aromatic N) is 2. The molecule has 1 fully saturated rings. The van der Waals surface area contributed by atoms with Gasteiger partial charge in [0.1, 0.15) is 0 Å². The van der Waals surface area contributed by atoms with Gasteiger partial charge in [-0.3, -0.25) is 9.89 Å². The number of hydrogen-bond donors (Lipinski definition) is 2. The Hall–Kier alpha value is -0.860. The molecule has 5 nitrogen and oxygen atoms in total. The largest absolute Gasteiger partial charge is 0.375 e. The molecule has 1 aliphatic heterocycles. The Morgan fingerprint density at radius 1 is 1.28 bits per heavy atom. The van der Waals surface area contributed by atoms with E-state index in [0.29, 0.717) is 31.2 Å². The minimum Gasteiger partial charge on any atom is -0.375 e. The molecule has 0 aliphatic carbocycles. The summed E-state index contributed by atoms with van der Waals surface area (Å²) < 4.78 is 5.70. The Morgan fingerprint density at radius 2 is 2.00 bits per heavy atom. The predicted molar refractivity (Wildman–Crippen MR) is 116 cm³/mol. The van der Waals surface area contributed by atoms with Crippen LogP contribution in [-0.4, -0.2) is 56.2 Å². The fourth-order valence-electron chi connectivity index (χ4n) is 2.99. The number of likely N-dealkylation sites (tertiary alicyclic amines) is 1. The normalized spacial score (nSPS) is 21.2. The summed E-state index contributed by atoms with van der Waals surface area (Å²) in [6.07, 6.45) is 0. The molecule has 2 unspecified atom stereocenters. The van der Waals surface area contributed by atoms with E-state index in [4.69, 9.17) is 4.74 Å². The van der Waals surface area contributed by atoms with Crippen LogP contribution in [0.4, 0.5) is 0 Å². The summed E-state index contributed by atoms with van der Waals surface area (Å²) in [5.41, 5.74) is 1.20. The lowest BCUT2D eigenvalue weighted by molar-refractivity contribution is 0.125. The van der Waals surface area contributed by atoms with Crippen LogP contribution in [0.15, 0.2) is 35.3 Å². The molecule has 0 saturated carbocycles. The Balaban J connectivity index is 0.00000312. The summed E-state index contributed by atoms with van der Waals surface area (Å²) in [6.45, 7) is 11.1. The molecule has 1 aromatic rings. The highest BCUT2D eigenvalue weighted by atomic mass is 127. The van der Waals surface area contributed by atoms with E-state index in [-0.39, 0.29) is 24.0 Å². The fraction of sp³-hybridized carbons (Fsp3) is 0.632. The van der Waals surface area contributed by atoms with Gasteiger partial charge in [-0.15, -0.1) is 24.0 Å². The number of benzene rings is 1. The number of guanidine groups is 1. The van der Waals surface area contributed by atoms with Crippen molar-refractivity contribution in [3.05, 3.63) is 35.9 Å². The van der Waals surface area contributed by atoms with Crippen LogP contribution in [0.2, 0.25) is 0 Å². The van der Waals surface area contributed by atoms with Crippen LogP contribution >= 0.6 is 24.0 Å². The van der Waals surface area contributed by atoms with Gasteiger partial charge in [0.05, 0.1) is 13.2 Å². The molecule has 2 atom stereocenters. The van der Waals surface area contributed by atoms with Crippen molar-refractivity contribution in [3.63, 3.8) is 0 Å². The van der Waals surface area contributed by atoms with Gasteiger partial charge in [0.25, 0.3) is 0 Å². The van der Waals surface area contributed by atoms with Gasteiger partial charge in [-0.25, -0.2) is 0 Å². The minimum absolute atomic E-state index is 0. The van der Waals surface area contributed by atoms with E-state index in [1.807, 2.05) is 25.2 Å². The molecule has 142 valence electrons. The molecule has 2 rings (SSSR count). The highest BCUT2D eigenvalue weighted by molar-refractivity contribution is 14.0. The van der Waals surface area contributed by atoms with E-state index < -0.39 is 0 Å². The van der Waals surface area contributed by atoms with Gasteiger partial charge < -0.3 is 15.4 Å². The lowest BCUT2D eigenvalue weighted by Crippen LogP contribution is -2.47. The number of nitrogens with one attached hydrogen (secondary N) is 2. The summed E-state index contributed by atoms with van der Waals surface area (Å²) in [4.78, 5) is 6.84. The molecule has 2 N–H and O–H groups in total. The van der Waals surface area contributed by atoms with Crippen molar-refractivity contribution >= 4 is 29.9 Å². The summed E-state index contributed by atoms with van der Waals surface area (Å²) >= 11 is 0. The van der Waals surface area contributed by atoms with E-state index in [0.717, 1.165) is 25.6 Å². The average Bonchev–Trinajstić information content (AvgIpc) is 2.95. The zero-order valence-electron chi connectivity index (χ0n) is 15.9. The first-order valence-electron chi connectivity index (χ1n) is 8.93. The van der Waals surface area contributed by atoms with Gasteiger partial charge in [0.15, 0.2) is 5.96 Å². The molecule has 0 spiro atoms. The van der Waals surface area contributed by atoms with E-state index >= 15 is 0 Å². The van der Waals surface area contributed by atoms with E-state index in [2.05, 4.69) is 53.4 Å². The van der Waals surface area contributed by atoms with Gasteiger partial charge in [-0.1, -0.05) is 37.3 Å². The standard InChI is InChI=1S/C19H32N4O.HI/c1-15(2)23-12-16(3)18(13-23)22-19(20-4)21-10-11-24-14-17-8-6-5-7-9-17;/h5-9,15-16,18H,10-14H2,1-4H3,(H2,20,21,22);1H. The molecular weight excluding hydrogens is 427 g/mol. The third-order valence-electron chi connectivity index (χ3n) is 4.57. The molecule has 1 saturated heterocycles. The van der Waals surface area contributed by atoms with E-state index in [1.165, 1.54) is 5.56 Å². The zero-order chi connectivity index (χ0) is 17.4. The molecular formula is C19H33IN4O. The van der Waals surface area contributed by atoms with Crippen LogP contribution in [0.5, 0.6) is 0 Å². The van der Waals surface area contributed by atoms with Crippen molar-refractivity contribution in [2.75, 3.05) is 33.3 Å². The SMILES string of the molecule is CN=C(NCCOCc1ccccc1)NC1CN(C(C)C)CC1C.I. The maximum Gasteiger partial charge on any atom is 0.191 e. The second-order valence-electron chi connectivity index (χ2n) is 6.81. The highest BCUT2D eigenvalue weighted by Crippen LogP contribution is 2.18. The lowest BCUT2D eigenvalue weighted by atomic mass is 10.1. The molecule has 6 heteroatoms. The van der Waals surface area contributed by atoms with Crippen LogP contribution in [0.3, 0.4) is 0 Å². The smallest absolute Gasteiger partial charge is 0.191 e. The van der Waals surface area contributed by atoms with Crippen molar-refractivity contribution in [3.8, 4) is 0 Å². The maximum absolute atomic E-state index is 5.70. The molecule has 1 aliphatic rings. The second kappa shape index (κ2) is 11.7. The van der Waals surface area contributed by atoms with Gasteiger partial charge >= 0.3 is 0 Å². The molecule has 0 radical (unpaired) electrons. The van der Waals surface area contributed by atoms with E-state index in [9.17, 15) is 0 Å². The number of rotatable bonds is 7. The van der Waals surface area contributed by atoms with Crippen LogP contribution in [-0.2, 0) is 11.3 Å². The Labute approximate surface area is 169 Å². The van der Waals surface area contributed by atoms with E-state index in [1.54, 1.807) is 0 Å². The first-order valence-corrected chi connectivity index (χ1v) is 8.93. The van der Waals surface area contributed by atoms with Crippen LogP contribution in [0.25, 0.3) is 0 Å². The summed E-state index contributed by atoms with van der Waals surface area (Å²) in [5, 5.41) is 6.89. The van der Waals surface area contributed by atoms with Crippen molar-refractivity contribution in [2.24, 2.45) is 10.9 Å². The van der Waals surface area contributed by atoms with Gasteiger partial charge in [-0.05, 0) is 25.3 Å². The maximum atomic E-state index is 5.70. The number of halogens is 1. The number of ether oxygens (including phenoxy) is 1. The first kappa shape index (κ1) is 22.2. The van der Waals surface area contributed by atoms with Crippen molar-refractivity contribution in [1.29, 1.82) is 0 Å². The van der Waals surface area contributed by atoms with Crippen LogP contribution in [0.1, 0.15) is 26.3 Å². The molecule has 0 aromatic heterocycles. The zero-order valence-corrected chi connectivity index (χ0v) is 18.2. The number of aliphatic imine (C=N–C) groups is 1. The molecule has 25 heavy (non-hydrogen) atoms. The first-order chi connectivity index (χ1) is 11.6. The second-order valence-corrected chi connectivity index (χ2v) is 6.81. The van der Waals surface area contributed by atoms with Crippen molar-refractivity contribution < 1.29 is 4.74 Å². The summed E-state index contributed by atoms with van der Waals surface area (Å²) in [5.74, 6) is 1.49. The van der Waals surface area contributed by atoms with Gasteiger partial charge in [0, 0.05) is 38.8 Å². The highest BCUT2D eigenvalue weighted by Gasteiger charge is 2.31. The van der Waals surface area contributed by atoms with Gasteiger partial charge in [-0.2, -0.15) is 0 Å². The monoisotopic (exact) mass is 460 g/mol. The summed E-state index contributed by atoms with van der Waals surface area (Å²) in [7, 11) is 1.82. The van der Waals surface area contributed by atoms with Crippen LogP contribution < -0.4 is 10.6 Å². The molecule has 1 aromatic carbocycles. The van der Waals surface area contributed by atoms with Crippen LogP contribution in [0, 0.1) is 5.92 Å².